The molecule has 1 unspecified atom stereocenters. The van der Waals surface area contributed by atoms with Crippen molar-refractivity contribution in [1.29, 1.82) is 0 Å². The fourth-order valence-corrected chi connectivity index (χ4v) is 2.46. The predicted molar refractivity (Wildman–Crippen MR) is 69.5 cm³/mol. The van der Waals surface area contributed by atoms with Crippen LogP contribution in [-0.4, -0.2) is 15.3 Å². The monoisotopic (exact) mass is 333 g/mol. The standard InChI is InChI=1S/C11H10BrF2N3S/c1-2-15-11(8-5-16-18-17-8)9-7(13)4-3-6(12)10(9)14/h3-5,11,15H,2H2,1H3. The van der Waals surface area contributed by atoms with E-state index in [2.05, 4.69) is 30.0 Å². The van der Waals surface area contributed by atoms with E-state index in [1.807, 2.05) is 6.92 Å². The van der Waals surface area contributed by atoms with Gasteiger partial charge in [0.05, 0.1) is 34.1 Å². The van der Waals surface area contributed by atoms with Crippen LogP contribution >= 0.6 is 27.7 Å². The SMILES string of the molecule is CCNC(c1cnsn1)c1c(F)ccc(Br)c1F. The van der Waals surface area contributed by atoms with E-state index in [1.165, 1.54) is 18.3 Å². The minimum absolute atomic E-state index is 0.0427. The Morgan fingerprint density at radius 1 is 1.44 bits per heavy atom. The van der Waals surface area contributed by atoms with E-state index in [-0.39, 0.29) is 10.0 Å². The first-order valence-corrected chi connectivity index (χ1v) is 6.81. The molecule has 0 amide bonds. The molecule has 0 saturated carbocycles. The van der Waals surface area contributed by atoms with Crippen LogP contribution in [0.3, 0.4) is 0 Å². The molecule has 0 bridgehead atoms. The van der Waals surface area contributed by atoms with Gasteiger partial charge in [-0.2, -0.15) is 8.75 Å². The van der Waals surface area contributed by atoms with Gasteiger partial charge in [0.2, 0.25) is 0 Å². The topological polar surface area (TPSA) is 37.8 Å². The largest absolute Gasteiger partial charge is 0.305 e. The highest BCUT2D eigenvalue weighted by Crippen LogP contribution is 2.30. The molecular formula is C11H10BrF2N3S. The summed E-state index contributed by atoms with van der Waals surface area (Å²) in [6.07, 6.45) is 1.51. The maximum absolute atomic E-state index is 14.1. The van der Waals surface area contributed by atoms with Gasteiger partial charge in [-0.3, -0.25) is 0 Å². The fraction of sp³-hybridized carbons (Fsp3) is 0.273. The quantitative estimate of drug-likeness (QED) is 0.872. The molecule has 1 heterocycles. The minimum Gasteiger partial charge on any atom is -0.305 e. The summed E-state index contributed by atoms with van der Waals surface area (Å²) in [7, 11) is 0. The van der Waals surface area contributed by atoms with Crippen molar-refractivity contribution in [1.82, 2.24) is 14.1 Å². The van der Waals surface area contributed by atoms with Crippen LogP contribution in [-0.2, 0) is 0 Å². The van der Waals surface area contributed by atoms with Crippen LogP contribution in [0, 0.1) is 11.6 Å². The van der Waals surface area contributed by atoms with Crippen LogP contribution < -0.4 is 5.32 Å². The van der Waals surface area contributed by atoms with Crippen molar-refractivity contribution >= 4 is 27.7 Å². The zero-order valence-corrected chi connectivity index (χ0v) is 11.9. The van der Waals surface area contributed by atoms with Crippen LogP contribution in [0.15, 0.2) is 22.8 Å². The number of aromatic nitrogens is 2. The Kier molecular flexibility index (Phi) is 4.36. The van der Waals surface area contributed by atoms with Crippen LogP contribution in [0.4, 0.5) is 8.78 Å². The third-order valence-corrected chi connectivity index (χ3v) is 3.56. The Morgan fingerprint density at radius 3 is 2.83 bits per heavy atom. The normalized spacial score (nSPS) is 12.7. The van der Waals surface area contributed by atoms with Crippen molar-refractivity contribution in [2.45, 2.75) is 13.0 Å². The molecule has 0 aliphatic carbocycles. The van der Waals surface area contributed by atoms with E-state index in [4.69, 9.17) is 0 Å². The first kappa shape index (κ1) is 13.5. The molecule has 0 saturated heterocycles. The Morgan fingerprint density at radius 2 is 2.22 bits per heavy atom. The highest BCUT2D eigenvalue weighted by atomic mass is 79.9. The average Bonchev–Trinajstić information content (AvgIpc) is 2.87. The van der Waals surface area contributed by atoms with Gasteiger partial charge >= 0.3 is 0 Å². The molecule has 1 aromatic carbocycles. The van der Waals surface area contributed by atoms with Crippen LogP contribution in [0.1, 0.15) is 24.2 Å². The lowest BCUT2D eigenvalue weighted by Gasteiger charge is -2.17. The molecule has 18 heavy (non-hydrogen) atoms. The Hall–Kier alpha value is -0.920. The summed E-state index contributed by atoms with van der Waals surface area (Å²) in [6, 6.07) is 1.94. The maximum Gasteiger partial charge on any atom is 0.145 e. The van der Waals surface area contributed by atoms with Crippen LogP contribution in [0.5, 0.6) is 0 Å². The number of benzene rings is 1. The molecule has 0 spiro atoms. The molecule has 1 atom stereocenters. The minimum atomic E-state index is -0.633. The van der Waals surface area contributed by atoms with Gasteiger partial charge in [0, 0.05) is 5.56 Å². The molecule has 0 aliphatic heterocycles. The van der Waals surface area contributed by atoms with E-state index in [0.717, 1.165) is 11.7 Å². The van der Waals surface area contributed by atoms with Crippen molar-refractivity contribution in [3.63, 3.8) is 0 Å². The Labute approximate surface area is 116 Å². The highest BCUT2D eigenvalue weighted by Gasteiger charge is 2.24. The number of hydrogen-bond donors (Lipinski definition) is 1. The Balaban J connectivity index is 2.52. The summed E-state index contributed by atoms with van der Waals surface area (Å²) in [5.74, 6) is -1.22. The van der Waals surface area contributed by atoms with Gasteiger partial charge in [0.15, 0.2) is 0 Å². The lowest BCUT2D eigenvalue weighted by atomic mass is 10.0. The van der Waals surface area contributed by atoms with E-state index in [0.29, 0.717) is 12.2 Å². The zero-order chi connectivity index (χ0) is 13.1. The van der Waals surface area contributed by atoms with Crippen molar-refractivity contribution in [3.05, 3.63) is 45.7 Å². The van der Waals surface area contributed by atoms with E-state index < -0.39 is 17.7 Å². The molecule has 96 valence electrons. The summed E-state index contributed by atoms with van der Waals surface area (Å²) < 4.78 is 36.0. The van der Waals surface area contributed by atoms with Gasteiger partial charge in [0.25, 0.3) is 0 Å². The molecule has 1 N–H and O–H groups in total. The molecule has 7 heteroatoms. The number of nitrogens with one attached hydrogen (secondary N) is 1. The van der Waals surface area contributed by atoms with Gasteiger partial charge in [-0.1, -0.05) is 6.92 Å². The third-order valence-electron chi connectivity index (χ3n) is 2.45. The summed E-state index contributed by atoms with van der Waals surface area (Å²) in [4.78, 5) is 0. The summed E-state index contributed by atoms with van der Waals surface area (Å²) in [6.45, 7) is 2.42. The number of hydrogen-bond acceptors (Lipinski definition) is 4. The number of nitrogens with zero attached hydrogens (tertiary/aromatic N) is 2. The van der Waals surface area contributed by atoms with Crippen molar-refractivity contribution < 1.29 is 8.78 Å². The van der Waals surface area contributed by atoms with E-state index in [9.17, 15) is 8.78 Å². The second kappa shape index (κ2) is 5.81. The molecule has 1 aromatic heterocycles. The first-order chi connectivity index (χ1) is 8.65. The van der Waals surface area contributed by atoms with Gasteiger partial charge in [-0.15, -0.1) is 0 Å². The summed E-state index contributed by atoms with van der Waals surface area (Å²) >= 11 is 4.07. The maximum atomic E-state index is 14.1. The number of halogens is 3. The third kappa shape index (κ3) is 2.57. The van der Waals surface area contributed by atoms with Gasteiger partial charge in [-0.05, 0) is 34.6 Å². The lowest BCUT2D eigenvalue weighted by molar-refractivity contribution is 0.503. The summed E-state index contributed by atoms with van der Waals surface area (Å²) in [5.41, 5.74) is 0.469. The fourth-order valence-electron chi connectivity index (χ4n) is 1.67. The van der Waals surface area contributed by atoms with Crippen molar-refractivity contribution in [3.8, 4) is 0 Å². The van der Waals surface area contributed by atoms with Gasteiger partial charge < -0.3 is 5.32 Å². The zero-order valence-electron chi connectivity index (χ0n) is 9.45. The molecule has 0 radical (unpaired) electrons. The molecule has 3 nitrogen and oxygen atoms in total. The molecular weight excluding hydrogens is 324 g/mol. The average molecular weight is 334 g/mol. The van der Waals surface area contributed by atoms with Crippen molar-refractivity contribution in [2.75, 3.05) is 6.54 Å². The highest BCUT2D eigenvalue weighted by molar-refractivity contribution is 9.10. The van der Waals surface area contributed by atoms with Gasteiger partial charge in [0.1, 0.15) is 11.6 Å². The first-order valence-electron chi connectivity index (χ1n) is 5.29. The Bertz CT molecular complexity index is 533. The van der Waals surface area contributed by atoms with Gasteiger partial charge in [-0.25, -0.2) is 8.78 Å². The molecule has 2 rings (SSSR count). The second-order valence-electron chi connectivity index (χ2n) is 3.58. The number of rotatable bonds is 4. The second-order valence-corrected chi connectivity index (χ2v) is 4.99. The van der Waals surface area contributed by atoms with E-state index >= 15 is 0 Å². The summed E-state index contributed by atoms with van der Waals surface area (Å²) in [5, 5.41) is 3.01. The van der Waals surface area contributed by atoms with E-state index in [1.54, 1.807) is 0 Å². The molecule has 0 aliphatic rings. The van der Waals surface area contributed by atoms with Crippen LogP contribution in [0.2, 0.25) is 0 Å². The smallest absolute Gasteiger partial charge is 0.145 e. The molecule has 0 fully saturated rings. The molecule has 2 aromatic rings. The van der Waals surface area contributed by atoms with Crippen LogP contribution in [0.25, 0.3) is 0 Å². The lowest BCUT2D eigenvalue weighted by Crippen LogP contribution is -2.24. The predicted octanol–water partition coefficient (Wildman–Crippen LogP) is 3.28. The van der Waals surface area contributed by atoms with Crippen molar-refractivity contribution in [2.24, 2.45) is 0 Å².